The molecule has 1 aromatic heterocycles. The van der Waals surface area contributed by atoms with E-state index in [0.29, 0.717) is 25.5 Å². The molecule has 0 bridgehead atoms. The van der Waals surface area contributed by atoms with Crippen LogP contribution in [0.4, 0.5) is 9.18 Å². The lowest BCUT2D eigenvalue weighted by molar-refractivity contribution is 0.183. The molecule has 1 atom stereocenters. The van der Waals surface area contributed by atoms with E-state index in [1.807, 2.05) is 19.1 Å². The van der Waals surface area contributed by atoms with Crippen LogP contribution in [-0.2, 0) is 6.54 Å². The van der Waals surface area contributed by atoms with Crippen molar-refractivity contribution in [1.29, 1.82) is 0 Å². The molecule has 0 aliphatic carbocycles. The van der Waals surface area contributed by atoms with Gasteiger partial charge in [0.2, 0.25) is 5.88 Å². The van der Waals surface area contributed by atoms with Crippen LogP contribution in [0, 0.1) is 12.7 Å². The summed E-state index contributed by atoms with van der Waals surface area (Å²) < 4.78 is 18.7. The first-order valence-electron chi connectivity index (χ1n) is 7.97. The molecule has 0 unspecified atom stereocenters. The van der Waals surface area contributed by atoms with Crippen LogP contribution in [0.25, 0.3) is 0 Å². The molecule has 0 radical (unpaired) electrons. The highest BCUT2D eigenvalue weighted by Crippen LogP contribution is 2.17. The molecular weight excluding hydrogens is 309 g/mol. The molecule has 1 aromatic carbocycles. The van der Waals surface area contributed by atoms with Gasteiger partial charge in [0.15, 0.2) is 0 Å². The van der Waals surface area contributed by atoms with Crippen LogP contribution in [0.2, 0.25) is 0 Å². The monoisotopic (exact) mass is 329 g/mol. The Hall–Kier alpha value is -2.63. The molecule has 1 aliphatic rings. The summed E-state index contributed by atoms with van der Waals surface area (Å²) in [7, 11) is 0. The summed E-state index contributed by atoms with van der Waals surface area (Å²) in [6, 6.07) is 9.74. The van der Waals surface area contributed by atoms with Crippen molar-refractivity contribution >= 4 is 6.03 Å². The number of aryl methyl sites for hydroxylation is 1. The number of amides is 2. The minimum Gasteiger partial charge on any atom is -0.472 e. The number of likely N-dealkylation sites (tertiary alicyclic amines) is 1. The second-order valence-electron chi connectivity index (χ2n) is 5.93. The molecule has 0 saturated carbocycles. The third-order valence-corrected chi connectivity index (χ3v) is 3.96. The van der Waals surface area contributed by atoms with Crippen molar-refractivity contribution in [3.63, 3.8) is 0 Å². The number of benzene rings is 1. The fraction of sp³-hybridized carbons (Fsp3) is 0.333. The second kappa shape index (κ2) is 7.29. The molecule has 1 aliphatic heterocycles. The molecule has 1 N–H and O–H groups in total. The van der Waals surface area contributed by atoms with Gasteiger partial charge in [-0.1, -0.05) is 18.2 Å². The first kappa shape index (κ1) is 16.2. The van der Waals surface area contributed by atoms with Crippen LogP contribution < -0.4 is 10.1 Å². The van der Waals surface area contributed by atoms with Gasteiger partial charge in [-0.15, -0.1) is 0 Å². The van der Waals surface area contributed by atoms with Crippen LogP contribution in [0.1, 0.15) is 17.5 Å². The number of carbonyl (C=O) groups is 1. The van der Waals surface area contributed by atoms with Crippen molar-refractivity contribution in [3.8, 4) is 5.88 Å². The van der Waals surface area contributed by atoms with E-state index in [0.717, 1.165) is 17.5 Å². The Morgan fingerprint density at radius 1 is 1.33 bits per heavy atom. The molecule has 2 amide bonds. The summed E-state index contributed by atoms with van der Waals surface area (Å²) in [5, 5.41) is 2.85. The number of ether oxygens (including phenoxy) is 1. The van der Waals surface area contributed by atoms with Gasteiger partial charge in [-0.2, -0.15) is 0 Å². The van der Waals surface area contributed by atoms with Gasteiger partial charge in [0.05, 0.1) is 6.54 Å². The van der Waals surface area contributed by atoms with Crippen molar-refractivity contribution in [2.75, 3.05) is 13.1 Å². The summed E-state index contributed by atoms with van der Waals surface area (Å²) in [6.45, 7) is 3.52. The van der Waals surface area contributed by atoms with Crippen LogP contribution in [-0.4, -0.2) is 35.1 Å². The highest BCUT2D eigenvalue weighted by atomic mass is 19.1. The molecule has 126 valence electrons. The number of halogens is 1. The van der Waals surface area contributed by atoms with E-state index >= 15 is 0 Å². The molecule has 6 heteroatoms. The van der Waals surface area contributed by atoms with E-state index in [-0.39, 0.29) is 18.0 Å². The maximum Gasteiger partial charge on any atom is 0.317 e. The Labute approximate surface area is 140 Å². The molecule has 2 heterocycles. The van der Waals surface area contributed by atoms with E-state index < -0.39 is 0 Å². The summed E-state index contributed by atoms with van der Waals surface area (Å²) in [5.41, 5.74) is 1.94. The lowest BCUT2D eigenvalue weighted by atomic mass is 10.2. The van der Waals surface area contributed by atoms with Crippen molar-refractivity contribution in [3.05, 3.63) is 59.5 Å². The Morgan fingerprint density at radius 2 is 2.12 bits per heavy atom. The first-order chi connectivity index (χ1) is 11.6. The molecule has 0 spiro atoms. The number of hydrogen-bond acceptors (Lipinski definition) is 3. The summed E-state index contributed by atoms with van der Waals surface area (Å²) >= 11 is 0. The minimum atomic E-state index is -0.283. The SMILES string of the molecule is Cc1ccc(O[C@H]2CCN(C(=O)NCc3ccc(F)cc3)C2)nc1. The Balaban J connectivity index is 1.46. The predicted molar refractivity (Wildman–Crippen MR) is 88.2 cm³/mol. The smallest absolute Gasteiger partial charge is 0.317 e. The van der Waals surface area contributed by atoms with Gasteiger partial charge in [-0.25, -0.2) is 14.2 Å². The zero-order valence-electron chi connectivity index (χ0n) is 13.5. The average molecular weight is 329 g/mol. The number of hydrogen-bond donors (Lipinski definition) is 1. The standard InChI is InChI=1S/C18H20FN3O2/c1-13-2-7-17(20-10-13)24-16-8-9-22(12-16)18(23)21-11-14-3-5-15(19)6-4-14/h2-7,10,16H,8-9,11-12H2,1H3,(H,21,23)/t16-/m0/s1. The lowest BCUT2D eigenvalue weighted by Crippen LogP contribution is -2.39. The van der Waals surface area contributed by atoms with E-state index in [1.54, 1.807) is 23.2 Å². The molecule has 1 saturated heterocycles. The Kier molecular flexibility index (Phi) is 4.93. The fourth-order valence-corrected chi connectivity index (χ4v) is 2.60. The third-order valence-electron chi connectivity index (χ3n) is 3.96. The minimum absolute atomic E-state index is 0.0447. The number of urea groups is 1. The highest BCUT2D eigenvalue weighted by Gasteiger charge is 2.27. The Bertz CT molecular complexity index is 688. The number of carbonyl (C=O) groups excluding carboxylic acids is 1. The van der Waals surface area contributed by atoms with Gasteiger partial charge in [0.1, 0.15) is 11.9 Å². The second-order valence-corrected chi connectivity index (χ2v) is 5.93. The Morgan fingerprint density at radius 3 is 2.83 bits per heavy atom. The van der Waals surface area contributed by atoms with Crippen LogP contribution in [0.3, 0.4) is 0 Å². The van der Waals surface area contributed by atoms with Gasteiger partial charge < -0.3 is 15.0 Å². The number of nitrogens with zero attached hydrogens (tertiary/aromatic N) is 2. The molecule has 3 rings (SSSR count). The molecule has 2 aromatic rings. The third kappa shape index (κ3) is 4.22. The molecule has 5 nitrogen and oxygen atoms in total. The van der Waals surface area contributed by atoms with Crippen molar-refractivity contribution in [2.45, 2.75) is 26.0 Å². The predicted octanol–water partition coefficient (Wildman–Crippen LogP) is 2.89. The van der Waals surface area contributed by atoms with Crippen molar-refractivity contribution in [2.24, 2.45) is 0 Å². The van der Waals surface area contributed by atoms with Gasteiger partial charge in [0, 0.05) is 31.8 Å². The topological polar surface area (TPSA) is 54.5 Å². The normalized spacial score (nSPS) is 16.9. The summed E-state index contributed by atoms with van der Waals surface area (Å²) in [6.07, 6.45) is 2.49. The molecule has 1 fully saturated rings. The van der Waals surface area contributed by atoms with Crippen LogP contribution in [0.5, 0.6) is 5.88 Å². The fourth-order valence-electron chi connectivity index (χ4n) is 2.60. The van der Waals surface area contributed by atoms with Gasteiger partial charge >= 0.3 is 6.03 Å². The van der Waals surface area contributed by atoms with Gasteiger partial charge in [0.25, 0.3) is 0 Å². The average Bonchev–Trinajstić information content (AvgIpc) is 3.05. The highest BCUT2D eigenvalue weighted by molar-refractivity contribution is 5.74. The van der Waals surface area contributed by atoms with Crippen molar-refractivity contribution in [1.82, 2.24) is 15.2 Å². The van der Waals surface area contributed by atoms with Gasteiger partial charge in [-0.3, -0.25) is 0 Å². The molecule has 24 heavy (non-hydrogen) atoms. The first-order valence-corrected chi connectivity index (χ1v) is 7.97. The zero-order chi connectivity index (χ0) is 16.9. The largest absolute Gasteiger partial charge is 0.472 e. The van der Waals surface area contributed by atoms with E-state index in [1.165, 1.54) is 12.1 Å². The van der Waals surface area contributed by atoms with Crippen LogP contribution in [0.15, 0.2) is 42.6 Å². The maximum atomic E-state index is 12.9. The quantitative estimate of drug-likeness (QED) is 0.938. The maximum absolute atomic E-state index is 12.9. The lowest BCUT2D eigenvalue weighted by Gasteiger charge is -2.17. The number of rotatable bonds is 4. The summed E-state index contributed by atoms with van der Waals surface area (Å²) in [4.78, 5) is 18.1. The van der Waals surface area contributed by atoms with E-state index in [9.17, 15) is 9.18 Å². The summed E-state index contributed by atoms with van der Waals surface area (Å²) in [5.74, 6) is 0.300. The number of pyridine rings is 1. The number of aromatic nitrogens is 1. The van der Waals surface area contributed by atoms with Crippen LogP contribution >= 0.6 is 0 Å². The van der Waals surface area contributed by atoms with E-state index in [4.69, 9.17) is 4.74 Å². The number of nitrogens with one attached hydrogen (secondary N) is 1. The molecular formula is C18H20FN3O2. The van der Waals surface area contributed by atoms with E-state index in [2.05, 4.69) is 10.3 Å². The van der Waals surface area contributed by atoms with Crippen molar-refractivity contribution < 1.29 is 13.9 Å². The zero-order valence-corrected chi connectivity index (χ0v) is 13.5. The van der Waals surface area contributed by atoms with Gasteiger partial charge in [-0.05, 0) is 30.2 Å².